The van der Waals surface area contributed by atoms with E-state index in [1.807, 2.05) is 13.8 Å². The molecule has 1 atom stereocenters. The average molecular weight is 312 g/mol. The van der Waals surface area contributed by atoms with Crippen molar-refractivity contribution in [3.05, 3.63) is 29.8 Å². The molecule has 1 aromatic rings. The quantitative estimate of drug-likeness (QED) is 0.782. The Kier molecular flexibility index (Phi) is 5.66. The molecule has 0 aliphatic heterocycles. The van der Waals surface area contributed by atoms with Gasteiger partial charge in [-0.2, -0.15) is 0 Å². The maximum atomic E-state index is 12.2. The van der Waals surface area contributed by atoms with Gasteiger partial charge in [-0.05, 0) is 31.9 Å². The summed E-state index contributed by atoms with van der Waals surface area (Å²) in [4.78, 5) is 22.9. The molecule has 0 fully saturated rings. The summed E-state index contributed by atoms with van der Waals surface area (Å²) in [6, 6.07) is 5.49. The van der Waals surface area contributed by atoms with Crippen LogP contribution in [0.2, 0.25) is 0 Å². The Bertz CT molecular complexity index is 612. The highest BCUT2D eigenvalue weighted by Gasteiger charge is 2.29. The number of Topliss-reactive ketones (excluding diaryl/α,β-unsaturated/α-hetero) is 1. The molecule has 0 spiro atoms. The van der Waals surface area contributed by atoms with E-state index in [-0.39, 0.29) is 16.6 Å². The van der Waals surface area contributed by atoms with E-state index < -0.39 is 21.1 Å². The minimum atomic E-state index is -3.92. The lowest BCUT2D eigenvalue weighted by molar-refractivity contribution is -0.136. The highest BCUT2D eigenvalue weighted by Crippen LogP contribution is 2.20. The van der Waals surface area contributed by atoms with Crippen LogP contribution < -0.4 is 0 Å². The normalized spacial score (nSPS) is 13.1. The Balaban J connectivity index is 3.08. The van der Waals surface area contributed by atoms with Crippen molar-refractivity contribution in [3.8, 4) is 0 Å². The zero-order chi connectivity index (χ0) is 16.2. The molecule has 0 aliphatic rings. The fourth-order valence-electron chi connectivity index (χ4n) is 2.04. The van der Waals surface area contributed by atoms with E-state index in [1.54, 1.807) is 0 Å². The summed E-state index contributed by atoms with van der Waals surface area (Å²) in [6.45, 7) is 4.99. The van der Waals surface area contributed by atoms with Crippen molar-refractivity contribution in [2.45, 2.75) is 43.8 Å². The molecular weight excluding hydrogens is 292 g/mol. The number of ketones is 1. The zero-order valence-electron chi connectivity index (χ0n) is 12.4. The largest absolute Gasteiger partial charge is 0.480 e. The molecule has 0 saturated carbocycles. The van der Waals surface area contributed by atoms with Crippen LogP contribution in [0.1, 0.15) is 44.0 Å². The number of carbonyl (C=O) groups is 2. The molecule has 1 rings (SSSR count). The van der Waals surface area contributed by atoms with Crippen molar-refractivity contribution in [1.29, 1.82) is 0 Å². The molecule has 1 aromatic carbocycles. The van der Waals surface area contributed by atoms with Crippen molar-refractivity contribution in [2.75, 3.05) is 0 Å². The number of carbonyl (C=O) groups excluding carboxylic acids is 1. The molecular formula is C15H20O5S. The standard InChI is InChI=1S/C15H20O5S/c1-4-11(5-2)14(16)12-6-8-13(9-7-12)21(19,20)10(3)15(17)18/h6-11H,4-5H2,1-3H3,(H,17,18). The molecule has 21 heavy (non-hydrogen) atoms. The first-order chi connectivity index (χ1) is 9.75. The number of rotatable bonds is 7. The SMILES string of the molecule is CCC(CC)C(=O)c1ccc(S(=O)(=O)C(C)C(=O)O)cc1. The topological polar surface area (TPSA) is 88.5 Å². The molecule has 0 bridgehead atoms. The minimum Gasteiger partial charge on any atom is -0.480 e. The number of hydrogen-bond acceptors (Lipinski definition) is 4. The number of carboxylic acids is 1. The Morgan fingerprint density at radius 1 is 1.10 bits per heavy atom. The van der Waals surface area contributed by atoms with Gasteiger partial charge >= 0.3 is 5.97 Å². The summed E-state index contributed by atoms with van der Waals surface area (Å²) in [5.74, 6) is -1.49. The van der Waals surface area contributed by atoms with Crippen LogP contribution in [0, 0.1) is 5.92 Å². The maximum Gasteiger partial charge on any atom is 0.321 e. The first-order valence-electron chi connectivity index (χ1n) is 6.86. The van der Waals surface area contributed by atoms with E-state index in [0.717, 1.165) is 19.8 Å². The third-order valence-corrected chi connectivity index (χ3v) is 5.70. The lowest BCUT2D eigenvalue weighted by atomic mass is 9.93. The average Bonchev–Trinajstić information content (AvgIpc) is 2.47. The first-order valence-corrected chi connectivity index (χ1v) is 8.41. The van der Waals surface area contributed by atoms with Crippen molar-refractivity contribution < 1.29 is 23.1 Å². The van der Waals surface area contributed by atoms with Gasteiger partial charge < -0.3 is 5.11 Å². The van der Waals surface area contributed by atoms with E-state index in [4.69, 9.17) is 5.11 Å². The molecule has 5 nitrogen and oxygen atoms in total. The van der Waals surface area contributed by atoms with Gasteiger partial charge in [0.05, 0.1) is 4.90 Å². The summed E-state index contributed by atoms with van der Waals surface area (Å²) >= 11 is 0. The van der Waals surface area contributed by atoms with Gasteiger partial charge in [-0.25, -0.2) is 8.42 Å². The van der Waals surface area contributed by atoms with Crippen LogP contribution >= 0.6 is 0 Å². The smallest absolute Gasteiger partial charge is 0.321 e. The van der Waals surface area contributed by atoms with Crippen molar-refractivity contribution >= 4 is 21.6 Å². The Labute approximate surface area is 124 Å². The minimum absolute atomic E-state index is 0.0183. The number of benzene rings is 1. The van der Waals surface area contributed by atoms with Gasteiger partial charge in [-0.15, -0.1) is 0 Å². The second kappa shape index (κ2) is 6.85. The van der Waals surface area contributed by atoms with Gasteiger partial charge in [0.15, 0.2) is 20.9 Å². The van der Waals surface area contributed by atoms with Crippen LogP contribution in [0.3, 0.4) is 0 Å². The van der Waals surface area contributed by atoms with E-state index >= 15 is 0 Å². The highest BCUT2D eigenvalue weighted by atomic mass is 32.2. The van der Waals surface area contributed by atoms with E-state index in [2.05, 4.69) is 0 Å². The Hall–Kier alpha value is -1.69. The van der Waals surface area contributed by atoms with Gasteiger partial charge in [0.1, 0.15) is 0 Å². The fourth-order valence-corrected chi connectivity index (χ4v) is 3.23. The van der Waals surface area contributed by atoms with Gasteiger partial charge in [-0.1, -0.05) is 26.0 Å². The molecule has 0 saturated heterocycles. The number of aliphatic carboxylic acids is 1. The van der Waals surface area contributed by atoms with Gasteiger partial charge in [0.2, 0.25) is 0 Å². The third-order valence-electron chi connectivity index (χ3n) is 3.64. The van der Waals surface area contributed by atoms with Crippen LogP contribution in [-0.4, -0.2) is 30.5 Å². The van der Waals surface area contributed by atoms with Crippen LogP contribution in [0.4, 0.5) is 0 Å². The van der Waals surface area contributed by atoms with Crippen LogP contribution in [0.5, 0.6) is 0 Å². The van der Waals surface area contributed by atoms with Crippen LogP contribution in [0.25, 0.3) is 0 Å². The lowest BCUT2D eigenvalue weighted by Gasteiger charge is -2.12. The molecule has 6 heteroatoms. The van der Waals surface area contributed by atoms with Crippen LogP contribution in [0.15, 0.2) is 29.2 Å². The summed E-state index contributed by atoms with van der Waals surface area (Å²) in [6.07, 6.45) is 1.46. The molecule has 1 N–H and O–H groups in total. The molecule has 0 heterocycles. The second-order valence-electron chi connectivity index (χ2n) is 4.93. The van der Waals surface area contributed by atoms with Gasteiger partial charge in [0, 0.05) is 11.5 Å². The molecule has 0 amide bonds. The van der Waals surface area contributed by atoms with Crippen molar-refractivity contribution in [2.24, 2.45) is 5.92 Å². The molecule has 0 aromatic heterocycles. The predicted octanol–water partition coefficient (Wildman–Crippen LogP) is 2.55. The van der Waals surface area contributed by atoms with E-state index in [1.165, 1.54) is 24.3 Å². The van der Waals surface area contributed by atoms with E-state index in [0.29, 0.717) is 5.56 Å². The predicted molar refractivity (Wildman–Crippen MR) is 79.1 cm³/mol. The molecule has 1 unspecified atom stereocenters. The third kappa shape index (κ3) is 3.69. The summed E-state index contributed by atoms with van der Waals surface area (Å²) in [7, 11) is -3.92. The Morgan fingerprint density at radius 3 is 1.95 bits per heavy atom. The van der Waals surface area contributed by atoms with Crippen LogP contribution in [-0.2, 0) is 14.6 Å². The first kappa shape index (κ1) is 17.4. The molecule has 0 radical (unpaired) electrons. The highest BCUT2D eigenvalue weighted by molar-refractivity contribution is 7.92. The summed E-state index contributed by atoms with van der Waals surface area (Å²) in [5, 5.41) is 7.31. The second-order valence-corrected chi connectivity index (χ2v) is 7.20. The summed E-state index contributed by atoms with van der Waals surface area (Å²) < 4.78 is 24.1. The zero-order valence-corrected chi connectivity index (χ0v) is 13.2. The number of carboxylic acid groups (broad SMARTS) is 1. The maximum absolute atomic E-state index is 12.2. The van der Waals surface area contributed by atoms with Crippen molar-refractivity contribution in [3.63, 3.8) is 0 Å². The fraction of sp³-hybridized carbons (Fsp3) is 0.467. The lowest BCUT2D eigenvalue weighted by Crippen LogP contribution is -2.27. The van der Waals surface area contributed by atoms with Crippen molar-refractivity contribution in [1.82, 2.24) is 0 Å². The van der Waals surface area contributed by atoms with Gasteiger partial charge in [-0.3, -0.25) is 9.59 Å². The Morgan fingerprint density at radius 2 is 1.57 bits per heavy atom. The summed E-state index contributed by atoms with van der Waals surface area (Å²) in [5.41, 5.74) is 0.450. The van der Waals surface area contributed by atoms with E-state index in [9.17, 15) is 18.0 Å². The number of sulfone groups is 1. The monoisotopic (exact) mass is 312 g/mol. The molecule has 0 aliphatic carbocycles. The molecule has 116 valence electrons. The van der Waals surface area contributed by atoms with Gasteiger partial charge in [0.25, 0.3) is 0 Å². The number of hydrogen-bond donors (Lipinski definition) is 1.